The molecule has 0 radical (unpaired) electrons. The van der Waals surface area contributed by atoms with Gasteiger partial charge in [-0.1, -0.05) is 17.7 Å². The van der Waals surface area contributed by atoms with E-state index in [0.717, 1.165) is 30.2 Å². The number of nitrogens with one attached hydrogen (secondary N) is 2. The molecule has 26 heavy (non-hydrogen) atoms. The Morgan fingerprint density at radius 2 is 2.12 bits per heavy atom. The number of hydrogen-bond donors (Lipinski definition) is 2. The van der Waals surface area contributed by atoms with E-state index in [4.69, 9.17) is 11.6 Å². The lowest BCUT2D eigenvalue weighted by Crippen LogP contribution is -2.50. The maximum absolute atomic E-state index is 11.8. The summed E-state index contributed by atoms with van der Waals surface area (Å²) in [6, 6.07) is 8.08. The number of guanidine groups is 1. The molecule has 1 aromatic carbocycles. The second-order valence-corrected chi connectivity index (χ2v) is 10.1. The molecular formula is C17H28ClIN4O2S. The van der Waals surface area contributed by atoms with Crippen LogP contribution in [0.25, 0.3) is 0 Å². The summed E-state index contributed by atoms with van der Waals surface area (Å²) >= 11 is 6.07. The highest BCUT2D eigenvalue weighted by atomic mass is 127. The van der Waals surface area contributed by atoms with Crippen LogP contribution >= 0.6 is 35.6 Å². The largest absolute Gasteiger partial charge is 0.369 e. The maximum Gasteiger partial charge on any atom is 0.191 e. The van der Waals surface area contributed by atoms with Gasteiger partial charge in [0.25, 0.3) is 0 Å². The van der Waals surface area contributed by atoms with Gasteiger partial charge in [0.1, 0.15) is 0 Å². The fourth-order valence-corrected chi connectivity index (χ4v) is 3.12. The molecule has 0 aliphatic carbocycles. The molecule has 1 aromatic rings. The summed E-state index contributed by atoms with van der Waals surface area (Å²) in [5.74, 6) is 0.620. The zero-order valence-electron chi connectivity index (χ0n) is 15.6. The molecule has 148 valence electrons. The van der Waals surface area contributed by atoms with Crippen molar-refractivity contribution in [3.8, 4) is 0 Å². The van der Waals surface area contributed by atoms with Gasteiger partial charge in [0, 0.05) is 49.7 Å². The van der Waals surface area contributed by atoms with Crippen LogP contribution in [0, 0.1) is 0 Å². The first-order valence-electron chi connectivity index (χ1n) is 8.30. The topological polar surface area (TPSA) is 73.8 Å². The van der Waals surface area contributed by atoms with Crippen molar-refractivity contribution in [3.63, 3.8) is 0 Å². The molecule has 1 saturated heterocycles. The molecular weight excluding hydrogens is 487 g/mol. The molecule has 1 atom stereocenters. The van der Waals surface area contributed by atoms with Crippen molar-refractivity contribution in [1.29, 1.82) is 0 Å². The van der Waals surface area contributed by atoms with Gasteiger partial charge in [-0.15, -0.1) is 24.0 Å². The fraction of sp³-hybridized carbons (Fsp3) is 0.588. The third-order valence-corrected chi connectivity index (χ3v) is 7.00. The lowest BCUT2D eigenvalue weighted by atomic mass is 10.2. The molecule has 0 spiro atoms. The van der Waals surface area contributed by atoms with E-state index in [2.05, 4.69) is 26.6 Å². The molecule has 0 saturated carbocycles. The van der Waals surface area contributed by atoms with Crippen molar-refractivity contribution in [2.75, 3.05) is 37.8 Å². The van der Waals surface area contributed by atoms with E-state index >= 15 is 0 Å². The number of nitrogens with zero attached hydrogens (tertiary/aromatic N) is 2. The molecule has 1 unspecified atom stereocenters. The van der Waals surface area contributed by atoms with Gasteiger partial charge in [0.2, 0.25) is 0 Å². The van der Waals surface area contributed by atoms with E-state index in [-0.39, 0.29) is 30.0 Å². The van der Waals surface area contributed by atoms with Crippen LogP contribution in [0.15, 0.2) is 29.3 Å². The third-order valence-electron chi connectivity index (χ3n) is 4.61. The number of hydrogen-bond acceptors (Lipinski definition) is 4. The molecule has 6 nitrogen and oxygen atoms in total. The van der Waals surface area contributed by atoms with Crippen LogP contribution in [0.4, 0.5) is 5.69 Å². The Kier molecular flexibility index (Phi) is 8.47. The molecule has 1 aliphatic rings. The second kappa shape index (κ2) is 9.45. The van der Waals surface area contributed by atoms with E-state index in [1.807, 2.05) is 18.2 Å². The number of benzene rings is 1. The number of rotatable bonds is 5. The Balaban J connectivity index is 0.00000338. The highest BCUT2D eigenvalue weighted by molar-refractivity contribution is 14.0. The van der Waals surface area contributed by atoms with Crippen molar-refractivity contribution in [1.82, 2.24) is 10.6 Å². The van der Waals surface area contributed by atoms with Crippen LogP contribution < -0.4 is 15.5 Å². The molecule has 2 rings (SSSR count). The van der Waals surface area contributed by atoms with Crippen LogP contribution in [0.1, 0.15) is 20.3 Å². The standard InChI is InChI=1S/C17H27ClN4O2S.HI/c1-17(2,25(4,23)24)12-20-16(19-3)21-14-8-9-22(11-14)15-7-5-6-13(18)10-15;/h5-7,10,14H,8-9,11-12H2,1-4H3,(H2,19,20,21);1H. The Morgan fingerprint density at radius 1 is 1.42 bits per heavy atom. The normalized spacial score (nSPS) is 18.4. The van der Waals surface area contributed by atoms with E-state index in [1.165, 1.54) is 6.26 Å². The van der Waals surface area contributed by atoms with Gasteiger partial charge in [-0.3, -0.25) is 4.99 Å². The molecule has 2 N–H and O–H groups in total. The number of sulfone groups is 1. The predicted molar refractivity (Wildman–Crippen MR) is 121 cm³/mol. The van der Waals surface area contributed by atoms with Gasteiger partial charge in [-0.05, 0) is 38.5 Å². The Labute approximate surface area is 178 Å². The van der Waals surface area contributed by atoms with Crippen molar-refractivity contribution >= 4 is 57.1 Å². The Bertz CT molecular complexity index is 740. The highest BCUT2D eigenvalue weighted by Crippen LogP contribution is 2.23. The van der Waals surface area contributed by atoms with E-state index in [9.17, 15) is 8.42 Å². The van der Waals surface area contributed by atoms with Gasteiger partial charge < -0.3 is 15.5 Å². The summed E-state index contributed by atoms with van der Waals surface area (Å²) in [7, 11) is -1.46. The summed E-state index contributed by atoms with van der Waals surface area (Å²) in [5.41, 5.74) is 1.11. The predicted octanol–water partition coefficient (Wildman–Crippen LogP) is 2.52. The number of anilines is 1. The minimum Gasteiger partial charge on any atom is -0.369 e. The molecule has 0 aromatic heterocycles. The lowest BCUT2D eigenvalue weighted by Gasteiger charge is -2.25. The SMILES string of the molecule is CN=C(NCC(C)(C)S(C)(=O)=O)NC1CCN(c2cccc(Cl)c2)C1.I. The third kappa shape index (κ3) is 6.16. The minimum atomic E-state index is -3.15. The van der Waals surface area contributed by atoms with Crippen LogP contribution in [0.3, 0.4) is 0 Å². The molecule has 1 fully saturated rings. The molecule has 1 heterocycles. The number of halogens is 2. The first-order chi connectivity index (χ1) is 11.6. The van der Waals surface area contributed by atoms with E-state index in [0.29, 0.717) is 12.5 Å². The van der Waals surface area contributed by atoms with Gasteiger partial charge in [-0.2, -0.15) is 0 Å². The average Bonchev–Trinajstić information content (AvgIpc) is 2.99. The van der Waals surface area contributed by atoms with E-state index in [1.54, 1.807) is 20.9 Å². The Hall–Kier alpha value is -0.740. The smallest absolute Gasteiger partial charge is 0.191 e. The summed E-state index contributed by atoms with van der Waals surface area (Å²) in [6.07, 6.45) is 2.23. The highest BCUT2D eigenvalue weighted by Gasteiger charge is 2.31. The van der Waals surface area contributed by atoms with Crippen molar-refractivity contribution < 1.29 is 8.42 Å². The summed E-state index contributed by atoms with van der Waals surface area (Å²) in [6.45, 7) is 5.49. The average molecular weight is 515 g/mol. The fourth-order valence-electron chi connectivity index (χ4n) is 2.60. The van der Waals surface area contributed by atoms with E-state index < -0.39 is 14.6 Å². The van der Waals surface area contributed by atoms with Crippen LogP contribution in [0.2, 0.25) is 5.02 Å². The molecule has 0 amide bonds. The van der Waals surface area contributed by atoms with Crippen LogP contribution in [-0.2, 0) is 9.84 Å². The van der Waals surface area contributed by atoms with Gasteiger partial charge in [0.05, 0.1) is 4.75 Å². The van der Waals surface area contributed by atoms with Crippen molar-refractivity contribution in [2.45, 2.75) is 31.1 Å². The summed E-state index contributed by atoms with van der Waals surface area (Å²) in [4.78, 5) is 6.48. The summed E-state index contributed by atoms with van der Waals surface area (Å²) < 4.78 is 22.8. The quantitative estimate of drug-likeness (QED) is 0.359. The van der Waals surface area contributed by atoms with Gasteiger partial charge >= 0.3 is 0 Å². The van der Waals surface area contributed by atoms with Crippen molar-refractivity contribution in [2.24, 2.45) is 4.99 Å². The zero-order valence-corrected chi connectivity index (χ0v) is 19.5. The van der Waals surface area contributed by atoms with Crippen LogP contribution in [-0.4, -0.2) is 58.1 Å². The molecule has 9 heteroatoms. The second-order valence-electron chi connectivity index (χ2n) is 7.01. The first kappa shape index (κ1) is 23.3. The Morgan fingerprint density at radius 3 is 2.69 bits per heavy atom. The molecule has 1 aliphatic heterocycles. The summed E-state index contributed by atoms with van der Waals surface area (Å²) in [5, 5.41) is 7.23. The maximum atomic E-state index is 11.8. The lowest BCUT2D eigenvalue weighted by molar-refractivity contribution is 0.542. The van der Waals surface area contributed by atoms with Gasteiger partial charge in [-0.25, -0.2) is 8.42 Å². The van der Waals surface area contributed by atoms with Crippen molar-refractivity contribution in [3.05, 3.63) is 29.3 Å². The number of aliphatic imine (C=N–C) groups is 1. The zero-order chi connectivity index (χ0) is 18.7. The minimum absolute atomic E-state index is 0. The molecule has 0 bridgehead atoms. The monoisotopic (exact) mass is 514 g/mol. The first-order valence-corrected chi connectivity index (χ1v) is 10.6. The van der Waals surface area contributed by atoms with Crippen LogP contribution in [0.5, 0.6) is 0 Å². The van der Waals surface area contributed by atoms with Gasteiger partial charge in [0.15, 0.2) is 15.8 Å².